The number of Topliss-reactive ketones (excluding diaryl/α,β-unsaturated/α-hetero) is 1. The summed E-state index contributed by atoms with van der Waals surface area (Å²) in [6.45, 7) is 1.89. The molecule has 0 aliphatic heterocycles. The lowest BCUT2D eigenvalue weighted by atomic mass is 9.84. The summed E-state index contributed by atoms with van der Waals surface area (Å²) in [6, 6.07) is 5.64. The average Bonchev–Trinajstić information content (AvgIpc) is 2.86. The third-order valence-electron chi connectivity index (χ3n) is 4.85. The fraction of sp³-hybridized carbons (Fsp3) is 0.474. The highest BCUT2D eigenvalue weighted by atomic mass is 79.9. The molecule has 0 N–H and O–H groups in total. The van der Waals surface area contributed by atoms with Crippen LogP contribution in [0.4, 0.5) is 0 Å². The van der Waals surface area contributed by atoms with Gasteiger partial charge >= 0.3 is 5.97 Å². The number of benzene rings is 1. The fourth-order valence-corrected chi connectivity index (χ4v) is 4.60. The Hall–Kier alpha value is -1.62. The van der Waals surface area contributed by atoms with Gasteiger partial charge in [-0.2, -0.15) is 0 Å². The molecule has 0 amide bonds. The topological polar surface area (TPSA) is 48.3 Å². The predicted octanol–water partition coefficient (Wildman–Crippen LogP) is 4.83. The van der Waals surface area contributed by atoms with Gasteiger partial charge < -0.3 is 9.30 Å². The minimum absolute atomic E-state index is 0.0891. The maximum atomic E-state index is 11.9. The Bertz CT molecular complexity index is 787. The van der Waals surface area contributed by atoms with E-state index in [1.54, 1.807) is 6.92 Å². The normalized spacial score (nSPS) is 15.6. The molecule has 0 atom stereocenters. The zero-order chi connectivity index (χ0) is 17.3. The van der Waals surface area contributed by atoms with Crippen LogP contribution in [-0.4, -0.2) is 23.4 Å². The highest BCUT2D eigenvalue weighted by Crippen LogP contribution is 2.42. The van der Waals surface area contributed by atoms with E-state index in [9.17, 15) is 9.59 Å². The van der Waals surface area contributed by atoms with Crippen molar-refractivity contribution in [2.75, 3.05) is 7.11 Å². The minimum Gasteiger partial charge on any atom is -0.465 e. The van der Waals surface area contributed by atoms with Gasteiger partial charge in [0, 0.05) is 5.39 Å². The summed E-state index contributed by atoms with van der Waals surface area (Å²) in [6.07, 6.45) is 6.15. The first kappa shape index (κ1) is 17.2. The zero-order valence-corrected chi connectivity index (χ0v) is 15.7. The van der Waals surface area contributed by atoms with Crippen molar-refractivity contribution in [2.45, 2.75) is 51.5 Å². The first-order valence-electron chi connectivity index (χ1n) is 8.42. The van der Waals surface area contributed by atoms with E-state index in [1.807, 2.05) is 22.8 Å². The number of hydrogen-bond donors (Lipinski definition) is 0. The summed E-state index contributed by atoms with van der Waals surface area (Å²) in [7, 11) is 1.38. The van der Waals surface area contributed by atoms with Crippen LogP contribution in [-0.2, 0) is 16.1 Å². The fourth-order valence-electron chi connectivity index (χ4n) is 3.75. The van der Waals surface area contributed by atoms with Gasteiger partial charge in [0.2, 0.25) is 0 Å². The molecule has 4 nitrogen and oxygen atoms in total. The molecule has 0 saturated heterocycles. The lowest BCUT2D eigenvalue weighted by molar-refractivity contribution is -0.117. The summed E-state index contributed by atoms with van der Waals surface area (Å²) in [5.41, 5.74) is 2.71. The van der Waals surface area contributed by atoms with Gasteiger partial charge in [-0.1, -0.05) is 25.3 Å². The SMILES string of the molecule is COC(=O)c1ccc2c(C3CCCCC3)c(Br)n(CC(C)=O)c2c1. The van der Waals surface area contributed by atoms with Crippen molar-refractivity contribution in [3.05, 3.63) is 33.9 Å². The van der Waals surface area contributed by atoms with Crippen LogP contribution >= 0.6 is 15.9 Å². The molecule has 3 rings (SSSR count). The largest absolute Gasteiger partial charge is 0.465 e. The number of fused-ring (bicyclic) bond motifs is 1. The molecule has 1 heterocycles. The first-order valence-corrected chi connectivity index (χ1v) is 9.21. The van der Waals surface area contributed by atoms with Crippen LogP contribution in [0.5, 0.6) is 0 Å². The molecule has 0 unspecified atom stereocenters. The van der Waals surface area contributed by atoms with Crippen LogP contribution in [0, 0.1) is 0 Å². The average molecular weight is 392 g/mol. The molecule has 1 fully saturated rings. The van der Waals surface area contributed by atoms with Gasteiger partial charge in [-0.3, -0.25) is 4.79 Å². The Balaban J connectivity index is 2.18. The molecule has 128 valence electrons. The Kier molecular flexibility index (Phi) is 5.09. The highest BCUT2D eigenvalue weighted by Gasteiger charge is 2.25. The lowest BCUT2D eigenvalue weighted by Crippen LogP contribution is -2.08. The number of aromatic nitrogens is 1. The molecule has 1 saturated carbocycles. The van der Waals surface area contributed by atoms with E-state index in [4.69, 9.17) is 4.74 Å². The van der Waals surface area contributed by atoms with Gasteiger partial charge in [-0.15, -0.1) is 0 Å². The van der Waals surface area contributed by atoms with Crippen LogP contribution in [0.1, 0.15) is 60.9 Å². The van der Waals surface area contributed by atoms with Crippen molar-refractivity contribution < 1.29 is 14.3 Å². The van der Waals surface area contributed by atoms with E-state index < -0.39 is 0 Å². The van der Waals surface area contributed by atoms with Gasteiger partial charge in [-0.05, 0) is 59.3 Å². The van der Waals surface area contributed by atoms with Gasteiger partial charge in [0.1, 0.15) is 5.78 Å². The maximum absolute atomic E-state index is 11.9. The van der Waals surface area contributed by atoms with Crippen LogP contribution in [0.15, 0.2) is 22.8 Å². The third-order valence-corrected chi connectivity index (χ3v) is 5.71. The number of esters is 1. The number of nitrogens with zero attached hydrogens (tertiary/aromatic N) is 1. The molecule has 0 bridgehead atoms. The van der Waals surface area contributed by atoms with E-state index in [1.165, 1.54) is 44.8 Å². The smallest absolute Gasteiger partial charge is 0.337 e. The monoisotopic (exact) mass is 391 g/mol. The van der Waals surface area contributed by atoms with Gasteiger partial charge in [0.25, 0.3) is 0 Å². The minimum atomic E-state index is -0.359. The van der Waals surface area contributed by atoms with E-state index in [0.29, 0.717) is 18.0 Å². The number of carbonyl (C=O) groups excluding carboxylic acids is 2. The Morgan fingerprint density at radius 2 is 1.96 bits per heavy atom. The molecule has 0 spiro atoms. The number of rotatable bonds is 4. The molecule has 0 radical (unpaired) electrons. The zero-order valence-electron chi connectivity index (χ0n) is 14.1. The van der Waals surface area contributed by atoms with Crippen molar-refractivity contribution in [2.24, 2.45) is 0 Å². The van der Waals surface area contributed by atoms with Crippen LogP contribution in [0.3, 0.4) is 0 Å². The van der Waals surface area contributed by atoms with Gasteiger partial charge in [0.05, 0.1) is 29.3 Å². The van der Waals surface area contributed by atoms with E-state index in [0.717, 1.165) is 15.5 Å². The number of ketones is 1. The molecule has 1 aliphatic rings. The number of methoxy groups -OCH3 is 1. The van der Waals surface area contributed by atoms with Crippen LogP contribution < -0.4 is 0 Å². The van der Waals surface area contributed by atoms with Gasteiger partial charge in [0.15, 0.2) is 0 Å². The summed E-state index contributed by atoms with van der Waals surface area (Å²) >= 11 is 3.73. The molecule has 1 aromatic carbocycles. The number of hydrogen-bond acceptors (Lipinski definition) is 3. The van der Waals surface area contributed by atoms with Crippen LogP contribution in [0.25, 0.3) is 10.9 Å². The summed E-state index contributed by atoms with van der Waals surface area (Å²) < 4.78 is 7.79. The van der Waals surface area contributed by atoms with Crippen LogP contribution in [0.2, 0.25) is 0 Å². The second-order valence-corrected chi connectivity index (χ2v) is 7.30. The third kappa shape index (κ3) is 3.14. The number of ether oxygens (including phenoxy) is 1. The lowest BCUT2D eigenvalue weighted by Gasteiger charge is -2.22. The molecule has 5 heteroatoms. The van der Waals surface area contributed by atoms with Gasteiger partial charge in [-0.25, -0.2) is 4.79 Å². The molecule has 24 heavy (non-hydrogen) atoms. The molecule has 1 aliphatic carbocycles. The maximum Gasteiger partial charge on any atom is 0.337 e. The predicted molar refractivity (Wildman–Crippen MR) is 97.5 cm³/mol. The number of carbonyl (C=O) groups is 2. The summed E-state index contributed by atoms with van der Waals surface area (Å²) in [5, 5.41) is 1.13. The summed E-state index contributed by atoms with van der Waals surface area (Å²) in [5.74, 6) is 0.238. The first-order chi connectivity index (χ1) is 11.5. The van der Waals surface area contributed by atoms with Crippen molar-refractivity contribution >= 4 is 38.6 Å². The standard InChI is InChI=1S/C19H22BrNO3/c1-12(22)11-21-16-10-14(19(23)24-2)8-9-15(16)17(18(21)20)13-6-4-3-5-7-13/h8-10,13H,3-7,11H2,1-2H3. The Labute approximate surface area is 150 Å². The molecule has 1 aromatic heterocycles. The van der Waals surface area contributed by atoms with Crippen molar-refractivity contribution in [3.63, 3.8) is 0 Å². The van der Waals surface area contributed by atoms with E-state index in [2.05, 4.69) is 15.9 Å². The molecule has 2 aromatic rings. The van der Waals surface area contributed by atoms with E-state index >= 15 is 0 Å². The van der Waals surface area contributed by atoms with E-state index in [-0.39, 0.29) is 11.8 Å². The Morgan fingerprint density at radius 3 is 2.58 bits per heavy atom. The van der Waals surface area contributed by atoms with Crippen molar-refractivity contribution in [1.82, 2.24) is 4.57 Å². The number of halogens is 1. The van der Waals surface area contributed by atoms with Crippen molar-refractivity contribution in [1.29, 1.82) is 0 Å². The second kappa shape index (κ2) is 7.09. The van der Waals surface area contributed by atoms with Crippen molar-refractivity contribution in [3.8, 4) is 0 Å². The highest BCUT2D eigenvalue weighted by molar-refractivity contribution is 9.10. The summed E-state index contributed by atoms with van der Waals surface area (Å²) in [4.78, 5) is 23.6. The molecular weight excluding hydrogens is 370 g/mol. The Morgan fingerprint density at radius 1 is 1.25 bits per heavy atom. The molecular formula is C19H22BrNO3. The quantitative estimate of drug-likeness (QED) is 0.701. The second-order valence-electron chi connectivity index (χ2n) is 6.55.